The van der Waals surface area contributed by atoms with Crippen molar-refractivity contribution in [3.05, 3.63) is 29.3 Å². The summed E-state index contributed by atoms with van der Waals surface area (Å²) in [6.07, 6.45) is 0. The van der Waals surface area contributed by atoms with E-state index in [0.717, 1.165) is 11.3 Å². The third-order valence-electron chi connectivity index (χ3n) is 2.61. The highest BCUT2D eigenvalue weighted by atomic mass is 16.5. The van der Waals surface area contributed by atoms with E-state index in [4.69, 9.17) is 15.2 Å². The maximum Gasteiger partial charge on any atom is 0.124 e. The van der Waals surface area contributed by atoms with Crippen LogP contribution in [0.4, 0.5) is 0 Å². The first-order chi connectivity index (χ1) is 6.65. The fraction of sp³-hybridized carbons (Fsp3) is 0.455. The van der Waals surface area contributed by atoms with Crippen LogP contribution in [-0.2, 0) is 10.3 Å². The lowest BCUT2D eigenvalue weighted by atomic mass is 9.87. The van der Waals surface area contributed by atoms with Crippen LogP contribution in [0.25, 0.3) is 0 Å². The summed E-state index contributed by atoms with van der Waals surface area (Å²) in [7, 11) is 1.66. The Kier molecular flexibility index (Phi) is 2.21. The van der Waals surface area contributed by atoms with Gasteiger partial charge < -0.3 is 15.2 Å². The van der Waals surface area contributed by atoms with E-state index in [1.54, 1.807) is 7.11 Å². The van der Waals surface area contributed by atoms with Gasteiger partial charge in [-0.25, -0.2) is 0 Å². The standard InChI is InChI=1S/C11H15NO2/c1-8-3-4-10(13-2)9(5-8)11(12)6-14-7-11/h3-5H,6-7,12H2,1-2H3. The van der Waals surface area contributed by atoms with Gasteiger partial charge in [0.25, 0.3) is 0 Å². The molecule has 0 unspecified atom stereocenters. The summed E-state index contributed by atoms with van der Waals surface area (Å²) < 4.78 is 10.4. The second-order valence-corrected chi connectivity index (χ2v) is 3.85. The van der Waals surface area contributed by atoms with E-state index in [0.29, 0.717) is 13.2 Å². The molecule has 0 amide bonds. The average molecular weight is 193 g/mol. The monoisotopic (exact) mass is 193 g/mol. The number of hydrogen-bond donors (Lipinski definition) is 1. The highest BCUT2D eigenvalue weighted by molar-refractivity contribution is 5.42. The minimum absolute atomic E-state index is 0.350. The van der Waals surface area contributed by atoms with Crippen LogP contribution in [0.1, 0.15) is 11.1 Å². The molecule has 0 aliphatic carbocycles. The minimum atomic E-state index is -0.350. The van der Waals surface area contributed by atoms with Crippen molar-refractivity contribution in [1.29, 1.82) is 0 Å². The van der Waals surface area contributed by atoms with Crippen LogP contribution in [0.15, 0.2) is 18.2 Å². The fourth-order valence-corrected chi connectivity index (χ4v) is 1.69. The van der Waals surface area contributed by atoms with E-state index in [9.17, 15) is 0 Å². The Morgan fingerprint density at radius 2 is 2.14 bits per heavy atom. The smallest absolute Gasteiger partial charge is 0.124 e. The van der Waals surface area contributed by atoms with Crippen LogP contribution in [0.2, 0.25) is 0 Å². The van der Waals surface area contributed by atoms with E-state index < -0.39 is 0 Å². The summed E-state index contributed by atoms with van der Waals surface area (Å²) in [4.78, 5) is 0. The van der Waals surface area contributed by atoms with Gasteiger partial charge in [0.05, 0.1) is 25.9 Å². The van der Waals surface area contributed by atoms with Gasteiger partial charge in [0.15, 0.2) is 0 Å². The molecule has 3 nitrogen and oxygen atoms in total. The molecule has 1 aromatic carbocycles. The van der Waals surface area contributed by atoms with Crippen LogP contribution in [0, 0.1) is 6.92 Å². The highest BCUT2D eigenvalue weighted by Gasteiger charge is 2.38. The van der Waals surface area contributed by atoms with Crippen LogP contribution >= 0.6 is 0 Å². The Morgan fingerprint density at radius 1 is 1.43 bits per heavy atom. The Bertz CT molecular complexity index is 345. The Morgan fingerprint density at radius 3 is 2.64 bits per heavy atom. The molecule has 1 heterocycles. The lowest BCUT2D eigenvalue weighted by molar-refractivity contribution is -0.0578. The van der Waals surface area contributed by atoms with Gasteiger partial charge in [0.2, 0.25) is 0 Å². The van der Waals surface area contributed by atoms with Crippen molar-refractivity contribution < 1.29 is 9.47 Å². The first-order valence-electron chi connectivity index (χ1n) is 4.67. The zero-order chi connectivity index (χ0) is 10.2. The van der Waals surface area contributed by atoms with Gasteiger partial charge in [-0.15, -0.1) is 0 Å². The molecule has 0 bridgehead atoms. The SMILES string of the molecule is COc1ccc(C)cc1C1(N)COC1. The Hall–Kier alpha value is -1.06. The molecular weight excluding hydrogens is 178 g/mol. The topological polar surface area (TPSA) is 44.5 Å². The molecular formula is C11H15NO2. The lowest BCUT2D eigenvalue weighted by Gasteiger charge is -2.39. The van der Waals surface area contributed by atoms with Gasteiger partial charge >= 0.3 is 0 Å². The van der Waals surface area contributed by atoms with Gasteiger partial charge in [0.1, 0.15) is 5.75 Å². The normalized spacial score (nSPS) is 18.8. The molecule has 1 aliphatic rings. The molecule has 1 saturated heterocycles. The molecule has 0 radical (unpaired) electrons. The Balaban J connectivity index is 2.43. The molecule has 2 rings (SSSR count). The molecule has 0 aromatic heterocycles. The number of ether oxygens (including phenoxy) is 2. The summed E-state index contributed by atoms with van der Waals surface area (Å²) in [6.45, 7) is 3.20. The molecule has 3 heteroatoms. The molecule has 1 aliphatic heterocycles. The van der Waals surface area contributed by atoms with Crippen LogP contribution in [0.3, 0.4) is 0 Å². The quantitative estimate of drug-likeness (QED) is 0.767. The number of hydrogen-bond acceptors (Lipinski definition) is 3. The summed E-state index contributed by atoms with van der Waals surface area (Å²) in [5.41, 5.74) is 8.05. The number of nitrogens with two attached hydrogens (primary N) is 1. The summed E-state index contributed by atoms with van der Waals surface area (Å²) in [6, 6.07) is 6.05. The van der Waals surface area contributed by atoms with Crippen molar-refractivity contribution in [2.24, 2.45) is 5.73 Å². The van der Waals surface area contributed by atoms with Crippen LogP contribution < -0.4 is 10.5 Å². The molecule has 2 N–H and O–H groups in total. The Labute approximate surface area is 83.8 Å². The van der Waals surface area contributed by atoms with Gasteiger partial charge in [-0.3, -0.25) is 0 Å². The van der Waals surface area contributed by atoms with Gasteiger partial charge in [-0.2, -0.15) is 0 Å². The van der Waals surface area contributed by atoms with Crippen molar-refractivity contribution in [3.8, 4) is 5.75 Å². The maximum absolute atomic E-state index is 6.16. The molecule has 76 valence electrons. The zero-order valence-corrected chi connectivity index (χ0v) is 8.54. The lowest BCUT2D eigenvalue weighted by Crippen LogP contribution is -2.54. The number of methoxy groups -OCH3 is 1. The van der Waals surface area contributed by atoms with E-state index in [2.05, 4.69) is 6.07 Å². The number of aryl methyl sites for hydroxylation is 1. The third-order valence-corrected chi connectivity index (χ3v) is 2.61. The van der Waals surface area contributed by atoms with Crippen molar-refractivity contribution >= 4 is 0 Å². The van der Waals surface area contributed by atoms with Crippen molar-refractivity contribution in [3.63, 3.8) is 0 Å². The molecule has 14 heavy (non-hydrogen) atoms. The fourth-order valence-electron chi connectivity index (χ4n) is 1.69. The van der Waals surface area contributed by atoms with Crippen molar-refractivity contribution in [1.82, 2.24) is 0 Å². The summed E-state index contributed by atoms with van der Waals surface area (Å²) in [5.74, 6) is 0.849. The van der Waals surface area contributed by atoms with E-state index in [1.165, 1.54) is 5.56 Å². The predicted octanol–water partition coefficient (Wildman–Crippen LogP) is 1.19. The molecule has 0 spiro atoms. The van der Waals surface area contributed by atoms with E-state index in [-0.39, 0.29) is 5.54 Å². The van der Waals surface area contributed by atoms with Crippen molar-refractivity contribution in [2.75, 3.05) is 20.3 Å². The zero-order valence-electron chi connectivity index (χ0n) is 8.54. The first-order valence-corrected chi connectivity index (χ1v) is 4.67. The largest absolute Gasteiger partial charge is 0.496 e. The first kappa shape index (κ1) is 9.49. The minimum Gasteiger partial charge on any atom is -0.496 e. The summed E-state index contributed by atoms with van der Waals surface area (Å²) >= 11 is 0. The third kappa shape index (κ3) is 1.38. The van der Waals surface area contributed by atoms with Crippen molar-refractivity contribution in [2.45, 2.75) is 12.5 Å². The molecule has 1 aromatic rings. The second-order valence-electron chi connectivity index (χ2n) is 3.85. The van der Waals surface area contributed by atoms with Crippen LogP contribution in [-0.4, -0.2) is 20.3 Å². The maximum atomic E-state index is 6.16. The average Bonchev–Trinajstić information content (AvgIpc) is 2.14. The molecule has 1 fully saturated rings. The van der Waals surface area contributed by atoms with Crippen LogP contribution in [0.5, 0.6) is 5.75 Å². The number of benzene rings is 1. The molecule has 0 saturated carbocycles. The highest BCUT2D eigenvalue weighted by Crippen LogP contribution is 2.34. The van der Waals surface area contributed by atoms with E-state index in [1.807, 2.05) is 19.1 Å². The van der Waals surface area contributed by atoms with Gasteiger partial charge in [0, 0.05) is 5.56 Å². The van der Waals surface area contributed by atoms with E-state index >= 15 is 0 Å². The summed E-state index contributed by atoms with van der Waals surface area (Å²) in [5, 5.41) is 0. The van der Waals surface area contributed by atoms with Gasteiger partial charge in [-0.1, -0.05) is 17.7 Å². The predicted molar refractivity (Wildman–Crippen MR) is 54.4 cm³/mol. The number of rotatable bonds is 2. The van der Waals surface area contributed by atoms with Gasteiger partial charge in [-0.05, 0) is 13.0 Å². The molecule has 0 atom stereocenters. The second kappa shape index (κ2) is 3.26.